The molecule has 0 heterocycles. The topological polar surface area (TPSA) is 66.8 Å². The van der Waals surface area contributed by atoms with E-state index in [1.54, 1.807) is 26.8 Å². The van der Waals surface area contributed by atoms with E-state index in [9.17, 15) is 9.59 Å². The zero-order valence-corrected chi connectivity index (χ0v) is 11.4. The number of hydrogen-bond acceptors (Lipinski definition) is 4. The Balaban J connectivity index is 4.14. The summed E-state index contributed by atoms with van der Waals surface area (Å²) in [4.78, 5) is 24.6. The molecule has 0 saturated carbocycles. The third-order valence-electron chi connectivity index (χ3n) is 2.04. The van der Waals surface area contributed by atoms with Crippen molar-refractivity contribution >= 4 is 11.9 Å². The van der Waals surface area contributed by atoms with Crippen molar-refractivity contribution < 1.29 is 19.4 Å². The second kappa shape index (κ2) is 7.87. The van der Waals surface area contributed by atoms with Gasteiger partial charge in [-0.2, -0.15) is 0 Å². The van der Waals surface area contributed by atoms with Crippen molar-refractivity contribution in [2.24, 2.45) is 0 Å². The third kappa shape index (κ3) is 7.84. The smallest absolute Gasteiger partial charge is 0.306 e. The van der Waals surface area contributed by atoms with E-state index in [-0.39, 0.29) is 31.9 Å². The van der Waals surface area contributed by atoms with Crippen LogP contribution in [0.1, 0.15) is 33.6 Å². The predicted molar refractivity (Wildman–Crippen MR) is 68.9 cm³/mol. The minimum Gasteiger partial charge on any atom is -0.460 e. The predicted octanol–water partition coefficient (Wildman–Crippen LogP) is 1.12. The average molecular weight is 257 g/mol. The van der Waals surface area contributed by atoms with Crippen molar-refractivity contribution in [2.45, 2.75) is 39.2 Å². The molecule has 5 nitrogen and oxygen atoms in total. The van der Waals surface area contributed by atoms with Gasteiger partial charge >= 0.3 is 5.97 Å². The first kappa shape index (κ1) is 16.6. The lowest BCUT2D eigenvalue weighted by Gasteiger charge is -2.21. The van der Waals surface area contributed by atoms with E-state index in [4.69, 9.17) is 9.84 Å². The Bertz CT molecular complexity index is 294. The number of carbonyl (C=O) groups excluding carboxylic acids is 2. The normalized spacial score (nSPS) is 10.9. The van der Waals surface area contributed by atoms with Crippen LogP contribution in [0.15, 0.2) is 12.7 Å². The highest BCUT2D eigenvalue weighted by Crippen LogP contribution is 2.09. The average Bonchev–Trinajstić information content (AvgIpc) is 2.23. The quantitative estimate of drug-likeness (QED) is 0.548. The Morgan fingerprint density at radius 2 is 1.94 bits per heavy atom. The van der Waals surface area contributed by atoms with E-state index >= 15 is 0 Å². The number of hydrogen-bond donors (Lipinski definition) is 1. The minimum absolute atomic E-state index is 0.0508. The highest BCUT2D eigenvalue weighted by molar-refractivity contribution is 5.81. The van der Waals surface area contributed by atoms with Gasteiger partial charge in [-0.05, 0) is 20.8 Å². The fourth-order valence-corrected chi connectivity index (χ4v) is 1.35. The molecular formula is C13H23NO4. The summed E-state index contributed by atoms with van der Waals surface area (Å²) in [6.07, 6.45) is 1.72. The summed E-state index contributed by atoms with van der Waals surface area (Å²) in [5, 5.41) is 8.82. The van der Waals surface area contributed by atoms with E-state index in [0.717, 1.165) is 0 Å². The summed E-state index contributed by atoms with van der Waals surface area (Å²) in [7, 11) is 0. The summed E-state index contributed by atoms with van der Waals surface area (Å²) in [6.45, 7) is 9.40. The summed E-state index contributed by atoms with van der Waals surface area (Å²) in [5.41, 5.74) is -0.536. The SMILES string of the molecule is C=CCN(CCO)C(=O)CCC(=O)OC(C)(C)C. The van der Waals surface area contributed by atoms with Crippen LogP contribution in [0.4, 0.5) is 0 Å². The van der Waals surface area contributed by atoms with Gasteiger partial charge in [-0.3, -0.25) is 9.59 Å². The molecule has 0 spiro atoms. The van der Waals surface area contributed by atoms with Crippen molar-refractivity contribution in [2.75, 3.05) is 19.7 Å². The lowest BCUT2D eigenvalue weighted by atomic mass is 10.2. The molecule has 104 valence electrons. The third-order valence-corrected chi connectivity index (χ3v) is 2.04. The van der Waals surface area contributed by atoms with Gasteiger partial charge in [0.25, 0.3) is 0 Å². The first-order chi connectivity index (χ1) is 8.30. The fourth-order valence-electron chi connectivity index (χ4n) is 1.35. The Kier molecular flexibility index (Phi) is 7.27. The molecule has 18 heavy (non-hydrogen) atoms. The number of esters is 1. The minimum atomic E-state index is -0.536. The molecule has 0 aromatic rings. The Morgan fingerprint density at radius 1 is 1.33 bits per heavy atom. The molecule has 0 aromatic carbocycles. The van der Waals surface area contributed by atoms with Gasteiger partial charge in [0.15, 0.2) is 0 Å². The molecule has 0 fully saturated rings. The summed E-state index contributed by atoms with van der Waals surface area (Å²) in [5.74, 6) is -0.576. The highest BCUT2D eigenvalue weighted by Gasteiger charge is 2.18. The lowest BCUT2D eigenvalue weighted by Crippen LogP contribution is -2.34. The van der Waals surface area contributed by atoms with E-state index in [1.165, 1.54) is 4.90 Å². The van der Waals surface area contributed by atoms with E-state index < -0.39 is 11.6 Å². The van der Waals surface area contributed by atoms with E-state index in [1.807, 2.05) is 0 Å². The van der Waals surface area contributed by atoms with Crippen LogP contribution >= 0.6 is 0 Å². The number of nitrogens with zero attached hydrogens (tertiary/aromatic N) is 1. The zero-order valence-electron chi connectivity index (χ0n) is 11.4. The van der Waals surface area contributed by atoms with Gasteiger partial charge in [-0.15, -0.1) is 6.58 Å². The molecule has 1 N–H and O–H groups in total. The van der Waals surface area contributed by atoms with Crippen LogP contribution in [0.3, 0.4) is 0 Å². The maximum Gasteiger partial charge on any atom is 0.306 e. The monoisotopic (exact) mass is 257 g/mol. The second-order valence-corrected chi connectivity index (χ2v) is 4.94. The van der Waals surface area contributed by atoms with Crippen LogP contribution < -0.4 is 0 Å². The van der Waals surface area contributed by atoms with Crippen molar-refractivity contribution in [3.8, 4) is 0 Å². The molecule has 0 saturated heterocycles. The summed E-state index contributed by atoms with van der Waals surface area (Å²) < 4.78 is 5.11. The van der Waals surface area contributed by atoms with Crippen LogP contribution in [-0.2, 0) is 14.3 Å². The van der Waals surface area contributed by atoms with Crippen LogP contribution in [0, 0.1) is 0 Å². The molecule has 0 bridgehead atoms. The van der Waals surface area contributed by atoms with Gasteiger partial charge in [0, 0.05) is 19.5 Å². The molecule has 0 aliphatic rings. The van der Waals surface area contributed by atoms with Crippen LogP contribution in [0.5, 0.6) is 0 Å². The molecular weight excluding hydrogens is 234 g/mol. The standard InChI is InChI=1S/C13H23NO4/c1-5-8-14(9-10-15)11(16)6-7-12(17)18-13(2,3)4/h5,15H,1,6-10H2,2-4H3. The molecule has 0 atom stereocenters. The molecule has 0 aliphatic heterocycles. The van der Waals surface area contributed by atoms with Crippen LogP contribution in [0.25, 0.3) is 0 Å². The largest absolute Gasteiger partial charge is 0.460 e. The number of aliphatic hydroxyl groups excluding tert-OH is 1. The van der Waals surface area contributed by atoms with Gasteiger partial charge in [-0.1, -0.05) is 6.08 Å². The molecule has 0 radical (unpaired) electrons. The van der Waals surface area contributed by atoms with Gasteiger partial charge in [-0.25, -0.2) is 0 Å². The summed E-state index contributed by atoms with van der Waals surface area (Å²) >= 11 is 0. The Morgan fingerprint density at radius 3 is 2.39 bits per heavy atom. The lowest BCUT2D eigenvalue weighted by molar-refractivity contribution is -0.156. The van der Waals surface area contributed by atoms with Crippen molar-refractivity contribution in [3.05, 3.63) is 12.7 Å². The maximum atomic E-state index is 11.8. The molecule has 0 aliphatic carbocycles. The molecule has 5 heteroatoms. The first-order valence-electron chi connectivity index (χ1n) is 6.01. The van der Waals surface area contributed by atoms with Gasteiger partial charge < -0.3 is 14.7 Å². The second-order valence-electron chi connectivity index (χ2n) is 4.94. The number of amides is 1. The molecule has 0 rings (SSSR count). The fraction of sp³-hybridized carbons (Fsp3) is 0.692. The maximum absolute atomic E-state index is 11.8. The van der Waals surface area contributed by atoms with Crippen molar-refractivity contribution in [1.82, 2.24) is 4.90 Å². The molecule has 0 aromatic heterocycles. The Labute approximate surface area is 108 Å². The zero-order chi connectivity index (χ0) is 14.2. The highest BCUT2D eigenvalue weighted by atomic mass is 16.6. The van der Waals surface area contributed by atoms with Crippen molar-refractivity contribution in [1.29, 1.82) is 0 Å². The molecule has 0 unspecified atom stereocenters. The number of carbonyl (C=O) groups is 2. The van der Waals surface area contributed by atoms with Gasteiger partial charge in [0.05, 0.1) is 13.0 Å². The number of rotatable bonds is 7. The van der Waals surface area contributed by atoms with Gasteiger partial charge in [0.1, 0.15) is 5.60 Å². The van der Waals surface area contributed by atoms with Crippen LogP contribution in [-0.4, -0.2) is 47.2 Å². The summed E-state index contributed by atoms with van der Waals surface area (Å²) in [6, 6.07) is 0. The van der Waals surface area contributed by atoms with E-state index in [2.05, 4.69) is 6.58 Å². The van der Waals surface area contributed by atoms with Crippen molar-refractivity contribution in [3.63, 3.8) is 0 Å². The number of aliphatic hydroxyl groups is 1. The molecule has 1 amide bonds. The van der Waals surface area contributed by atoms with Crippen LogP contribution in [0.2, 0.25) is 0 Å². The Hall–Kier alpha value is -1.36. The van der Waals surface area contributed by atoms with E-state index in [0.29, 0.717) is 6.54 Å². The number of ether oxygens (including phenoxy) is 1. The first-order valence-corrected chi connectivity index (χ1v) is 6.01. The van der Waals surface area contributed by atoms with Gasteiger partial charge in [0.2, 0.25) is 5.91 Å².